The number of allylic oxidation sites excluding steroid dienone is 4. The largest absolute Gasteiger partial charge is 0.375 e. The fraction of sp³-hybridized carbons (Fsp3) is 0.273. The predicted octanol–water partition coefficient (Wildman–Crippen LogP) is 5.35. The topological polar surface area (TPSA) is 66.9 Å². The molecule has 196 valence electrons. The molecule has 4 aliphatic rings. The van der Waals surface area contributed by atoms with Crippen molar-refractivity contribution in [3.8, 4) is 0 Å². The summed E-state index contributed by atoms with van der Waals surface area (Å²) in [6, 6.07) is 14.9. The molecule has 0 radical (unpaired) electrons. The third-order valence-electron chi connectivity index (χ3n) is 7.94. The molecule has 0 saturated heterocycles. The number of carbonyl (C=O) groups is 3. The normalized spacial score (nSPS) is 23.0. The van der Waals surface area contributed by atoms with Crippen LogP contribution in [0.25, 0.3) is 5.57 Å². The SMILES string of the molecule is O=C1c2ccccc2C(=O)N1CCOC/C1=C/C2CCCC2C(=O)N(CC2=CC=C=CC=C2)c2ccccc21. The highest BCUT2D eigenvalue weighted by Gasteiger charge is 2.38. The molecular weight excluding hydrogens is 488 g/mol. The summed E-state index contributed by atoms with van der Waals surface area (Å²) in [5.41, 5.74) is 7.90. The molecule has 2 aromatic carbocycles. The van der Waals surface area contributed by atoms with Crippen LogP contribution in [0.4, 0.5) is 5.69 Å². The summed E-state index contributed by atoms with van der Waals surface area (Å²) in [5.74, 6) is -0.282. The smallest absolute Gasteiger partial charge is 0.261 e. The summed E-state index contributed by atoms with van der Waals surface area (Å²) in [6.45, 7) is 1.24. The van der Waals surface area contributed by atoms with E-state index in [0.29, 0.717) is 24.3 Å². The minimum atomic E-state index is -0.274. The lowest BCUT2D eigenvalue weighted by molar-refractivity contribution is -0.122. The predicted molar refractivity (Wildman–Crippen MR) is 150 cm³/mol. The van der Waals surface area contributed by atoms with Gasteiger partial charge in [-0.3, -0.25) is 19.3 Å². The average molecular weight is 519 g/mol. The van der Waals surface area contributed by atoms with E-state index in [1.54, 1.807) is 24.3 Å². The van der Waals surface area contributed by atoms with Crippen molar-refractivity contribution in [3.63, 3.8) is 0 Å². The van der Waals surface area contributed by atoms with Crippen LogP contribution in [0.1, 0.15) is 45.5 Å². The molecule has 2 unspecified atom stereocenters. The Morgan fingerprint density at radius 2 is 1.62 bits per heavy atom. The van der Waals surface area contributed by atoms with Crippen LogP contribution >= 0.6 is 0 Å². The Hall–Kier alpha value is -4.25. The molecule has 6 heteroatoms. The van der Waals surface area contributed by atoms with Gasteiger partial charge in [-0.1, -0.05) is 55.0 Å². The molecule has 6 rings (SSSR count). The van der Waals surface area contributed by atoms with Gasteiger partial charge in [0.15, 0.2) is 0 Å². The minimum absolute atomic E-state index is 0.0595. The maximum atomic E-state index is 13.9. The number of rotatable bonds is 7. The molecule has 2 aliphatic carbocycles. The molecule has 0 spiro atoms. The summed E-state index contributed by atoms with van der Waals surface area (Å²) >= 11 is 0. The van der Waals surface area contributed by atoms with E-state index < -0.39 is 0 Å². The van der Waals surface area contributed by atoms with E-state index in [-0.39, 0.29) is 42.7 Å². The summed E-state index contributed by atoms with van der Waals surface area (Å²) in [5, 5.41) is 0. The van der Waals surface area contributed by atoms with E-state index in [9.17, 15) is 14.4 Å². The van der Waals surface area contributed by atoms with Gasteiger partial charge in [-0.25, -0.2) is 0 Å². The average Bonchev–Trinajstić information content (AvgIpc) is 3.39. The molecule has 2 atom stereocenters. The number of nitrogens with zero attached hydrogens (tertiary/aromatic N) is 2. The van der Waals surface area contributed by atoms with E-state index in [1.165, 1.54) is 4.90 Å². The van der Waals surface area contributed by atoms with Crippen LogP contribution in [0, 0.1) is 11.8 Å². The van der Waals surface area contributed by atoms with Gasteiger partial charge in [-0.15, -0.1) is 5.73 Å². The fourth-order valence-electron chi connectivity index (χ4n) is 5.99. The summed E-state index contributed by atoms with van der Waals surface area (Å²) in [7, 11) is 0. The van der Waals surface area contributed by atoms with Crippen molar-refractivity contribution in [2.45, 2.75) is 19.3 Å². The van der Waals surface area contributed by atoms with E-state index in [2.05, 4.69) is 11.8 Å². The third kappa shape index (κ3) is 4.85. The Balaban J connectivity index is 1.22. The van der Waals surface area contributed by atoms with Gasteiger partial charge in [0.05, 0.1) is 43.1 Å². The number of para-hydroxylation sites is 1. The van der Waals surface area contributed by atoms with Gasteiger partial charge in [0, 0.05) is 11.5 Å². The lowest BCUT2D eigenvalue weighted by Gasteiger charge is -2.33. The van der Waals surface area contributed by atoms with Crippen LogP contribution in [-0.4, -0.2) is 48.9 Å². The zero-order valence-corrected chi connectivity index (χ0v) is 21.7. The molecule has 39 heavy (non-hydrogen) atoms. The van der Waals surface area contributed by atoms with Crippen molar-refractivity contribution < 1.29 is 19.1 Å². The van der Waals surface area contributed by atoms with Crippen LogP contribution in [0.5, 0.6) is 0 Å². The molecule has 1 saturated carbocycles. The number of hydrogen-bond donors (Lipinski definition) is 0. The molecule has 0 aromatic heterocycles. The molecule has 3 amide bonds. The minimum Gasteiger partial charge on any atom is -0.375 e. The van der Waals surface area contributed by atoms with Gasteiger partial charge in [0.25, 0.3) is 11.8 Å². The number of benzene rings is 2. The van der Waals surface area contributed by atoms with E-state index in [4.69, 9.17) is 4.74 Å². The third-order valence-corrected chi connectivity index (χ3v) is 7.94. The zero-order chi connectivity index (χ0) is 26.8. The highest BCUT2D eigenvalue weighted by Crippen LogP contribution is 2.41. The second-order valence-electron chi connectivity index (χ2n) is 10.3. The number of imide groups is 1. The lowest BCUT2D eigenvalue weighted by atomic mass is 9.87. The number of hydrogen-bond acceptors (Lipinski definition) is 4. The van der Waals surface area contributed by atoms with Crippen LogP contribution in [0.3, 0.4) is 0 Å². The summed E-state index contributed by atoms with van der Waals surface area (Å²) < 4.78 is 6.10. The van der Waals surface area contributed by atoms with Crippen molar-refractivity contribution >= 4 is 29.0 Å². The first-order chi connectivity index (χ1) is 19.1. The second kappa shape index (κ2) is 10.9. The van der Waals surface area contributed by atoms with Gasteiger partial charge in [-0.2, -0.15) is 0 Å². The molecule has 0 bridgehead atoms. The van der Waals surface area contributed by atoms with Gasteiger partial charge >= 0.3 is 0 Å². The highest BCUT2D eigenvalue weighted by molar-refractivity contribution is 6.21. The molecule has 2 heterocycles. The van der Waals surface area contributed by atoms with Crippen molar-refractivity contribution in [1.82, 2.24) is 4.90 Å². The summed E-state index contributed by atoms with van der Waals surface area (Å²) in [6.07, 6.45) is 14.8. The monoisotopic (exact) mass is 518 g/mol. The molecule has 6 nitrogen and oxygen atoms in total. The Labute approximate surface area is 228 Å². The standard InChI is InChI=1S/C33H30N2O4/c36-31-27-16-9-12-24(27)20-25(22-39-19-18-34-32(37)28-14-5-6-15-29(28)33(34)38)26-13-7-8-17-30(26)35(31)21-23-10-3-1-2-4-11-23/h1,3-8,10-11,13-15,17,20,24,27H,9,12,16,18-19,21-22H2/b25-20-. The lowest BCUT2D eigenvalue weighted by Crippen LogP contribution is -2.40. The molecular formula is C33H30N2O4. The van der Waals surface area contributed by atoms with Crippen molar-refractivity contribution in [2.75, 3.05) is 31.2 Å². The van der Waals surface area contributed by atoms with E-state index in [1.807, 2.05) is 59.5 Å². The maximum Gasteiger partial charge on any atom is 0.261 e. The first kappa shape index (κ1) is 25.1. The van der Waals surface area contributed by atoms with Gasteiger partial charge in [0.2, 0.25) is 5.91 Å². The quantitative estimate of drug-likeness (QED) is 0.281. The van der Waals surface area contributed by atoms with Crippen molar-refractivity contribution in [2.24, 2.45) is 11.8 Å². The van der Waals surface area contributed by atoms with Crippen LogP contribution in [-0.2, 0) is 9.53 Å². The first-order valence-corrected chi connectivity index (χ1v) is 13.5. The highest BCUT2D eigenvalue weighted by atomic mass is 16.5. The van der Waals surface area contributed by atoms with Gasteiger partial charge in [0.1, 0.15) is 0 Å². The molecule has 1 fully saturated rings. The Kier molecular flexibility index (Phi) is 6.97. The van der Waals surface area contributed by atoms with Crippen molar-refractivity contribution in [1.29, 1.82) is 0 Å². The van der Waals surface area contributed by atoms with E-state index >= 15 is 0 Å². The Morgan fingerprint density at radius 3 is 2.41 bits per heavy atom. The Morgan fingerprint density at radius 1 is 0.872 bits per heavy atom. The maximum absolute atomic E-state index is 13.9. The molecule has 2 aromatic rings. The van der Waals surface area contributed by atoms with Gasteiger partial charge < -0.3 is 9.64 Å². The zero-order valence-electron chi connectivity index (χ0n) is 21.7. The second-order valence-corrected chi connectivity index (χ2v) is 10.3. The van der Waals surface area contributed by atoms with E-state index in [0.717, 1.165) is 41.7 Å². The summed E-state index contributed by atoms with van der Waals surface area (Å²) in [4.78, 5) is 42.5. The van der Waals surface area contributed by atoms with Crippen LogP contribution < -0.4 is 4.90 Å². The van der Waals surface area contributed by atoms with Crippen LogP contribution in [0.2, 0.25) is 0 Å². The first-order valence-electron chi connectivity index (χ1n) is 13.5. The molecule has 2 aliphatic heterocycles. The number of fused-ring (bicyclic) bond motifs is 3. The van der Waals surface area contributed by atoms with Crippen LogP contribution in [0.15, 0.2) is 96.3 Å². The van der Waals surface area contributed by atoms with Crippen molar-refractivity contribution in [3.05, 3.63) is 113 Å². The Bertz CT molecular complexity index is 1460. The number of anilines is 1. The fourth-order valence-corrected chi connectivity index (χ4v) is 5.99. The number of ether oxygens (including phenoxy) is 1. The van der Waals surface area contributed by atoms with Gasteiger partial charge in [-0.05, 0) is 66.3 Å². The molecule has 0 N–H and O–H groups in total. The number of amides is 3. The number of carbonyl (C=O) groups excluding carboxylic acids is 3.